The highest BCUT2D eigenvalue weighted by atomic mass is 16.5. The molecule has 1 aromatic carbocycles. The van der Waals surface area contributed by atoms with E-state index in [1.54, 1.807) is 19.4 Å². The Hall–Kier alpha value is -2.47. The topological polar surface area (TPSA) is 56.1 Å². The fourth-order valence-corrected chi connectivity index (χ4v) is 4.24. The van der Waals surface area contributed by atoms with E-state index < -0.39 is 0 Å². The normalized spacial score (nSPS) is 18.1. The summed E-state index contributed by atoms with van der Waals surface area (Å²) in [6.07, 6.45) is 7.61. The van der Waals surface area contributed by atoms with Gasteiger partial charge in [-0.2, -0.15) is 4.98 Å². The van der Waals surface area contributed by atoms with Gasteiger partial charge in [-0.1, -0.05) is 12.5 Å². The van der Waals surface area contributed by atoms with Crippen LogP contribution in [0.2, 0.25) is 0 Å². The molecule has 1 fully saturated rings. The Kier molecular flexibility index (Phi) is 4.28. The molecule has 0 amide bonds. The first kappa shape index (κ1) is 16.7. The molecule has 140 valence electrons. The van der Waals surface area contributed by atoms with Crippen LogP contribution in [-0.4, -0.2) is 50.7 Å². The van der Waals surface area contributed by atoms with E-state index in [0.29, 0.717) is 12.3 Å². The number of benzene rings is 1. The third-order valence-electron chi connectivity index (χ3n) is 5.97. The molecule has 2 aromatic heterocycles. The lowest BCUT2D eigenvalue weighted by Crippen LogP contribution is -2.41. The number of hydrogen-bond donors (Lipinski definition) is 0. The zero-order valence-electron chi connectivity index (χ0n) is 15.8. The maximum Gasteiger partial charge on any atom is 0.216 e. The molecule has 0 saturated heterocycles. The molecule has 1 aliphatic carbocycles. The zero-order chi connectivity index (χ0) is 18.2. The van der Waals surface area contributed by atoms with E-state index in [4.69, 9.17) is 9.72 Å². The van der Waals surface area contributed by atoms with E-state index in [0.717, 1.165) is 43.4 Å². The van der Waals surface area contributed by atoms with Crippen LogP contribution in [0.1, 0.15) is 36.5 Å². The lowest BCUT2D eigenvalue weighted by atomic mass is 9.91. The van der Waals surface area contributed by atoms with Crippen LogP contribution < -0.4 is 4.74 Å². The zero-order valence-corrected chi connectivity index (χ0v) is 15.8. The Morgan fingerprint density at radius 2 is 2.04 bits per heavy atom. The fraction of sp³-hybridized carbons (Fsp3) is 0.476. The summed E-state index contributed by atoms with van der Waals surface area (Å²) >= 11 is 0. The molecule has 0 unspecified atom stereocenters. The molecule has 0 spiro atoms. The van der Waals surface area contributed by atoms with Crippen molar-refractivity contribution in [3.63, 3.8) is 0 Å². The monoisotopic (exact) mass is 363 g/mol. The fourth-order valence-electron chi connectivity index (χ4n) is 4.24. The lowest BCUT2D eigenvalue weighted by molar-refractivity contribution is 0.130. The Morgan fingerprint density at radius 3 is 2.85 bits per heavy atom. The van der Waals surface area contributed by atoms with Crippen molar-refractivity contribution in [1.29, 1.82) is 0 Å². The van der Waals surface area contributed by atoms with Gasteiger partial charge >= 0.3 is 0 Å². The van der Waals surface area contributed by atoms with Gasteiger partial charge in [-0.15, -0.1) is 0 Å². The van der Waals surface area contributed by atoms with E-state index in [2.05, 4.69) is 37.6 Å². The minimum absolute atomic E-state index is 0.603. The minimum atomic E-state index is 0.603. The summed E-state index contributed by atoms with van der Waals surface area (Å²) in [6, 6.07) is 9.15. The minimum Gasteiger partial charge on any atom is -0.481 e. The van der Waals surface area contributed by atoms with Crippen molar-refractivity contribution >= 4 is 11.0 Å². The molecule has 1 saturated carbocycles. The predicted molar refractivity (Wildman–Crippen MR) is 104 cm³/mol. The highest BCUT2D eigenvalue weighted by molar-refractivity contribution is 5.77. The number of rotatable bonds is 4. The van der Waals surface area contributed by atoms with E-state index in [-0.39, 0.29) is 0 Å². The molecule has 3 heterocycles. The maximum absolute atomic E-state index is 5.20. The second kappa shape index (κ2) is 6.93. The van der Waals surface area contributed by atoms with Crippen LogP contribution in [0.5, 0.6) is 5.88 Å². The highest BCUT2D eigenvalue weighted by Crippen LogP contribution is 2.27. The van der Waals surface area contributed by atoms with Crippen LogP contribution in [0.15, 0.2) is 30.5 Å². The number of methoxy groups -OCH3 is 1. The number of fused-ring (bicyclic) bond motifs is 3. The van der Waals surface area contributed by atoms with Crippen LogP contribution >= 0.6 is 0 Å². The number of aromatic nitrogens is 4. The first-order valence-electron chi connectivity index (χ1n) is 9.88. The maximum atomic E-state index is 5.20. The second-order valence-electron chi connectivity index (χ2n) is 7.57. The summed E-state index contributed by atoms with van der Waals surface area (Å²) < 4.78 is 7.61. The van der Waals surface area contributed by atoms with Crippen LogP contribution in [0.25, 0.3) is 11.0 Å². The van der Waals surface area contributed by atoms with Crippen molar-refractivity contribution < 1.29 is 4.74 Å². The van der Waals surface area contributed by atoms with Crippen molar-refractivity contribution in [3.8, 4) is 5.88 Å². The van der Waals surface area contributed by atoms with Crippen molar-refractivity contribution in [1.82, 2.24) is 24.4 Å². The quantitative estimate of drug-likeness (QED) is 0.713. The second-order valence-corrected chi connectivity index (χ2v) is 7.57. The third kappa shape index (κ3) is 3.18. The Morgan fingerprint density at radius 1 is 1.11 bits per heavy atom. The van der Waals surface area contributed by atoms with Crippen LogP contribution in [0, 0.1) is 0 Å². The van der Waals surface area contributed by atoms with Gasteiger partial charge in [0.1, 0.15) is 11.6 Å². The van der Waals surface area contributed by atoms with Gasteiger partial charge in [0, 0.05) is 50.8 Å². The van der Waals surface area contributed by atoms with E-state index in [9.17, 15) is 0 Å². The Bertz CT molecular complexity index is 962. The molecule has 3 aromatic rings. The Balaban J connectivity index is 1.38. The van der Waals surface area contributed by atoms with Crippen molar-refractivity contribution in [2.24, 2.45) is 0 Å². The number of imidazole rings is 1. The largest absolute Gasteiger partial charge is 0.481 e. The molecule has 27 heavy (non-hydrogen) atoms. The standard InChI is InChI=1S/C21H25N5O/c1-27-21-7-9-22-19(24-21)14-15-5-6-18-17(13-15)23-20-8-10-25(11-12-26(18)20)16-3-2-4-16/h5-7,9,13,16H,2-4,8,10-12,14H2,1H3. The summed E-state index contributed by atoms with van der Waals surface area (Å²) in [5.74, 6) is 2.60. The molecule has 6 nitrogen and oxygen atoms in total. The van der Waals surface area contributed by atoms with Crippen LogP contribution in [-0.2, 0) is 19.4 Å². The van der Waals surface area contributed by atoms with Gasteiger partial charge in [-0.05, 0) is 30.5 Å². The van der Waals surface area contributed by atoms with Gasteiger partial charge in [0.2, 0.25) is 5.88 Å². The molecule has 5 rings (SSSR count). The third-order valence-corrected chi connectivity index (χ3v) is 5.97. The number of ether oxygens (including phenoxy) is 1. The summed E-state index contributed by atoms with van der Waals surface area (Å²) in [5, 5.41) is 0. The van der Waals surface area contributed by atoms with Gasteiger partial charge in [-0.25, -0.2) is 9.97 Å². The SMILES string of the molecule is COc1ccnc(Cc2ccc3c(c2)nc2n3CCN(C3CCC3)CC2)n1. The van der Waals surface area contributed by atoms with Crippen LogP contribution in [0.3, 0.4) is 0 Å². The average molecular weight is 363 g/mol. The molecular weight excluding hydrogens is 338 g/mol. The molecule has 1 aliphatic heterocycles. The summed E-state index contributed by atoms with van der Waals surface area (Å²) in [4.78, 5) is 16.4. The number of nitrogens with zero attached hydrogens (tertiary/aromatic N) is 5. The van der Waals surface area contributed by atoms with Crippen molar-refractivity contribution in [3.05, 3.63) is 47.7 Å². The molecule has 0 bridgehead atoms. The van der Waals surface area contributed by atoms with E-state index in [1.165, 1.54) is 36.2 Å². The molecule has 2 aliphatic rings. The van der Waals surface area contributed by atoms with Gasteiger partial charge in [0.05, 0.1) is 18.1 Å². The van der Waals surface area contributed by atoms with E-state index >= 15 is 0 Å². The smallest absolute Gasteiger partial charge is 0.216 e. The van der Waals surface area contributed by atoms with Gasteiger partial charge in [0.25, 0.3) is 0 Å². The van der Waals surface area contributed by atoms with Gasteiger partial charge in [0.15, 0.2) is 0 Å². The molecule has 0 atom stereocenters. The molecule has 0 N–H and O–H groups in total. The highest BCUT2D eigenvalue weighted by Gasteiger charge is 2.27. The van der Waals surface area contributed by atoms with Crippen LogP contribution in [0.4, 0.5) is 0 Å². The van der Waals surface area contributed by atoms with Gasteiger partial charge in [-0.3, -0.25) is 4.90 Å². The van der Waals surface area contributed by atoms with E-state index in [1.807, 2.05) is 0 Å². The summed E-state index contributed by atoms with van der Waals surface area (Å²) in [6.45, 7) is 3.32. The average Bonchev–Trinajstić information content (AvgIpc) is 2.87. The molecule has 0 radical (unpaired) electrons. The first-order valence-corrected chi connectivity index (χ1v) is 9.88. The summed E-state index contributed by atoms with van der Waals surface area (Å²) in [7, 11) is 1.63. The first-order chi connectivity index (χ1) is 13.3. The molecule has 6 heteroatoms. The number of hydrogen-bond acceptors (Lipinski definition) is 5. The lowest BCUT2D eigenvalue weighted by Gasteiger charge is -2.36. The van der Waals surface area contributed by atoms with Crippen molar-refractivity contribution in [2.75, 3.05) is 20.2 Å². The molecular formula is C21H25N5O. The van der Waals surface area contributed by atoms with Gasteiger partial charge < -0.3 is 9.30 Å². The van der Waals surface area contributed by atoms with Crippen molar-refractivity contribution in [2.45, 2.75) is 44.7 Å². The Labute approximate surface area is 159 Å². The summed E-state index contributed by atoms with van der Waals surface area (Å²) in [5.41, 5.74) is 3.51. The predicted octanol–water partition coefficient (Wildman–Crippen LogP) is 2.84.